The Bertz CT molecular complexity index is 704. The molecule has 0 aliphatic heterocycles. The number of benzene rings is 2. The minimum Gasteiger partial charge on any atom is -0.312 e. The summed E-state index contributed by atoms with van der Waals surface area (Å²) in [5.74, 6) is 0. The van der Waals surface area contributed by atoms with E-state index in [2.05, 4.69) is 5.32 Å². The Kier molecular flexibility index (Phi) is 7.32. The number of hydrogen-bond acceptors (Lipinski definition) is 3. The summed E-state index contributed by atoms with van der Waals surface area (Å²) in [5.41, 5.74) is 2.19. The summed E-state index contributed by atoms with van der Waals surface area (Å²) in [6.45, 7) is 1.54. The van der Waals surface area contributed by atoms with Crippen molar-refractivity contribution >= 4 is 34.0 Å². The summed E-state index contributed by atoms with van der Waals surface area (Å²) < 4.78 is 22.3. The van der Waals surface area contributed by atoms with Crippen LogP contribution in [0.15, 0.2) is 53.4 Å². The fourth-order valence-corrected chi connectivity index (χ4v) is 2.69. The molecular weight excluding hydrogens is 343 g/mol. The molecule has 0 bridgehead atoms. The zero-order chi connectivity index (χ0) is 15.3. The lowest BCUT2D eigenvalue weighted by Gasteiger charge is -2.06. The van der Waals surface area contributed by atoms with E-state index < -0.39 is 10.0 Å². The maximum absolute atomic E-state index is 11.1. The van der Waals surface area contributed by atoms with Crippen molar-refractivity contribution in [2.75, 3.05) is 6.54 Å². The van der Waals surface area contributed by atoms with Crippen LogP contribution in [-0.2, 0) is 23.0 Å². The average Bonchev–Trinajstić information content (AvgIpc) is 2.43. The second-order valence-electron chi connectivity index (χ2n) is 4.75. The van der Waals surface area contributed by atoms with Crippen LogP contribution in [0.5, 0.6) is 0 Å². The van der Waals surface area contributed by atoms with Gasteiger partial charge in [-0.1, -0.05) is 35.9 Å². The number of halogens is 2. The topological polar surface area (TPSA) is 72.2 Å². The molecule has 0 heterocycles. The van der Waals surface area contributed by atoms with Crippen LogP contribution in [0.3, 0.4) is 0 Å². The summed E-state index contributed by atoms with van der Waals surface area (Å²) in [5, 5.41) is 9.10. The van der Waals surface area contributed by atoms with Crippen LogP contribution in [-0.4, -0.2) is 15.0 Å². The van der Waals surface area contributed by atoms with Gasteiger partial charge in [-0.2, -0.15) is 0 Å². The highest BCUT2D eigenvalue weighted by atomic mass is 35.5. The van der Waals surface area contributed by atoms with Crippen molar-refractivity contribution in [3.05, 3.63) is 64.7 Å². The van der Waals surface area contributed by atoms with Gasteiger partial charge in [-0.05, 0) is 48.4 Å². The Hall–Kier alpha value is -1.11. The molecule has 2 rings (SSSR count). The molecule has 7 heteroatoms. The molecular formula is C15H18Cl2N2O2S. The van der Waals surface area contributed by atoms with E-state index in [4.69, 9.17) is 16.7 Å². The molecule has 3 N–H and O–H groups in total. The fourth-order valence-electron chi connectivity index (χ4n) is 1.96. The summed E-state index contributed by atoms with van der Waals surface area (Å²) in [7, 11) is -3.61. The van der Waals surface area contributed by atoms with Gasteiger partial charge in [0.15, 0.2) is 0 Å². The van der Waals surface area contributed by atoms with E-state index >= 15 is 0 Å². The Morgan fingerprint density at radius 2 is 1.73 bits per heavy atom. The summed E-state index contributed by atoms with van der Waals surface area (Å²) in [4.78, 5) is 0.137. The van der Waals surface area contributed by atoms with Gasteiger partial charge in [-0.25, -0.2) is 13.6 Å². The van der Waals surface area contributed by atoms with E-state index in [1.807, 2.05) is 24.3 Å². The van der Waals surface area contributed by atoms with Crippen molar-refractivity contribution < 1.29 is 8.42 Å². The van der Waals surface area contributed by atoms with Gasteiger partial charge >= 0.3 is 0 Å². The third-order valence-electron chi connectivity index (χ3n) is 3.06. The normalized spacial score (nSPS) is 11.0. The van der Waals surface area contributed by atoms with E-state index in [1.165, 1.54) is 12.1 Å². The van der Waals surface area contributed by atoms with Crippen molar-refractivity contribution in [2.45, 2.75) is 17.9 Å². The van der Waals surface area contributed by atoms with E-state index in [9.17, 15) is 8.42 Å². The second-order valence-corrected chi connectivity index (χ2v) is 6.74. The molecule has 0 aliphatic carbocycles. The van der Waals surface area contributed by atoms with Gasteiger partial charge in [-0.3, -0.25) is 0 Å². The molecule has 0 radical (unpaired) electrons. The van der Waals surface area contributed by atoms with Crippen molar-refractivity contribution in [1.82, 2.24) is 5.32 Å². The summed E-state index contributed by atoms with van der Waals surface area (Å²) in [6.07, 6.45) is 0.811. The molecule has 0 atom stereocenters. The van der Waals surface area contributed by atoms with Crippen molar-refractivity contribution in [2.24, 2.45) is 5.14 Å². The summed E-state index contributed by atoms with van der Waals surface area (Å²) in [6, 6.07) is 14.3. The second kappa shape index (κ2) is 8.50. The first-order valence-corrected chi connectivity index (χ1v) is 8.44. The Balaban J connectivity index is 0.00000242. The minimum atomic E-state index is -3.61. The van der Waals surface area contributed by atoms with E-state index in [-0.39, 0.29) is 17.3 Å². The molecule has 22 heavy (non-hydrogen) atoms. The molecule has 2 aromatic rings. The van der Waals surface area contributed by atoms with Crippen LogP contribution in [0.2, 0.25) is 5.02 Å². The predicted octanol–water partition coefficient (Wildman–Crippen LogP) is 2.74. The lowest BCUT2D eigenvalue weighted by Crippen LogP contribution is -2.17. The Morgan fingerprint density at radius 3 is 2.32 bits per heavy atom. The van der Waals surface area contributed by atoms with Gasteiger partial charge in [0.2, 0.25) is 10.0 Å². The van der Waals surface area contributed by atoms with E-state index in [1.54, 1.807) is 12.1 Å². The van der Waals surface area contributed by atoms with Gasteiger partial charge in [0.25, 0.3) is 0 Å². The number of sulfonamides is 1. The minimum absolute atomic E-state index is 0. The summed E-state index contributed by atoms with van der Waals surface area (Å²) >= 11 is 5.92. The van der Waals surface area contributed by atoms with Crippen LogP contribution < -0.4 is 10.5 Å². The molecule has 0 spiro atoms. The van der Waals surface area contributed by atoms with Crippen molar-refractivity contribution in [3.63, 3.8) is 0 Å². The predicted molar refractivity (Wildman–Crippen MR) is 91.9 cm³/mol. The van der Waals surface area contributed by atoms with E-state index in [0.29, 0.717) is 0 Å². The Labute approximate surface area is 142 Å². The zero-order valence-corrected chi connectivity index (χ0v) is 14.2. The third-order valence-corrected chi connectivity index (χ3v) is 4.22. The lowest BCUT2D eigenvalue weighted by atomic mass is 10.1. The highest BCUT2D eigenvalue weighted by Gasteiger charge is 2.06. The average molecular weight is 361 g/mol. The van der Waals surface area contributed by atoms with Crippen LogP contribution in [0.1, 0.15) is 11.1 Å². The molecule has 0 unspecified atom stereocenters. The number of nitrogens with one attached hydrogen (secondary N) is 1. The fraction of sp³-hybridized carbons (Fsp3) is 0.200. The monoisotopic (exact) mass is 360 g/mol. The van der Waals surface area contributed by atoms with Gasteiger partial charge in [-0.15, -0.1) is 12.4 Å². The molecule has 4 nitrogen and oxygen atoms in total. The van der Waals surface area contributed by atoms with Crippen LogP contribution in [0.25, 0.3) is 0 Å². The molecule has 2 aromatic carbocycles. The number of nitrogens with two attached hydrogens (primary N) is 1. The highest BCUT2D eigenvalue weighted by molar-refractivity contribution is 7.89. The van der Waals surface area contributed by atoms with Crippen LogP contribution >= 0.6 is 24.0 Å². The maximum Gasteiger partial charge on any atom is 0.238 e. The number of primary sulfonamides is 1. The van der Waals surface area contributed by atoms with Gasteiger partial charge in [0.05, 0.1) is 4.90 Å². The molecule has 0 saturated carbocycles. The van der Waals surface area contributed by atoms with Crippen LogP contribution in [0.4, 0.5) is 0 Å². The smallest absolute Gasteiger partial charge is 0.238 e. The zero-order valence-electron chi connectivity index (χ0n) is 11.8. The van der Waals surface area contributed by atoms with Gasteiger partial charge in [0, 0.05) is 11.6 Å². The Morgan fingerprint density at radius 1 is 1.05 bits per heavy atom. The first kappa shape index (κ1) is 18.9. The first-order chi connectivity index (χ1) is 9.95. The van der Waals surface area contributed by atoms with E-state index in [0.717, 1.165) is 35.7 Å². The SMILES string of the molecule is Cl.NS(=O)(=O)c1ccc(CCNCc2cccc(Cl)c2)cc1. The largest absolute Gasteiger partial charge is 0.312 e. The molecule has 0 aromatic heterocycles. The quantitative estimate of drug-likeness (QED) is 0.777. The first-order valence-electron chi connectivity index (χ1n) is 6.52. The lowest BCUT2D eigenvalue weighted by molar-refractivity contribution is 0.597. The van der Waals surface area contributed by atoms with Gasteiger partial charge in [0.1, 0.15) is 0 Å². The molecule has 0 fully saturated rings. The van der Waals surface area contributed by atoms with Gasteiger partial charge < -0.3 is 5.32 Å². The highest BCUT2D eigenvalue weighted by Crippen LogP contribution is 2.11. The number of hydrogen-bond donors (Lipinski definition) is 2. The van der Waals surface area contributed by atoms with Crippen LogP contribution in [0, 0.1) is 0 Å². The molecule has 120 valence electrons. The molecule has 0 aliphatic rings. The standard InChI is InChI=1S/C15H17ClN2O2S.ClH/c16-14-3-1-2-13(10-14)11-18-9-8-12-4-6-15(7-5-12)21(17,19)20;/h1-7,10,18H,8-9,11H2,(H2,17,19,20);1H. The number of rotatable bonds is 6. The van der Waals surface area contributed by atoms with Crippen molar-refractivity contribution in [3.8, 4) is 0 Å². The van der Waals surface area contributed by atoms with Crippen molar-refractivity contribution in [1.29, 1.82) is 0 Å². The third kappa shape index (κ3) is 5.94. The molecule has 0 saturated heterocycles. The maximum atomic E-state index is 11.1. The molecule has 0 amide bonds.